The smallest absolute Gasteiger partial charge is 0.129 e. The third-order valence-electron chi connectivity index (χ3n) is 3.24. The largest absolute Gasteiger partial charge is 0.493 e. The first-order chi connectivity index (χ1) is 8.68. The first-order valence-corrected chi connectivity index (χ1v) is 6.81. The van der Waals surface area contributed by atoms with E-state index in [1.54, 1.807) is 0 Å². The third kappa shape index (κ3) is 3.68. The molecule has 1 aromatic rings. The van der Waals surface area contributed by atoms with Crippen LogP contribution in [0.25, 0.3) is 0 Å². The Morgan fingerprint density at radius 3 is 2.83 bits per heavy atom. The molecule has 1 fully saturated rings. The van der Waals surface area contributed by atoms with Crippen molar-refractivity contribution in [2.75, 3.05) is 20.2 Å². The number of nitrogens with two attached hydrogens (primary N) is 1. The van der Waals surface area contributed by atoms with Crippen LogP contribution in [0.2, 0.25) is 0 Å². The Balaban J connectivity index is 1.77. The van der Waals surface area contributed by atoms with Crippen LogP contribution in [-0.4, -0.2) is 36.1 Å². The van der Waals surface area contributed by atoms with Crippen LogP contribution in [0, 0.1) is 0 Å². The minimum atomic E-state index is 0.390. The molecule has 4 heteroatoms. The highest BCUT2D eigenvalue weighted by molar-refractivity contribution is 7.80. The number of hydrogen-bond acceptors (Lipinski definition) is 3. The van der Waals surface area contributed by atoms with Crippen LogP contribution >= 0.6 is 12.2 Å². The van der Waals surface area contributed by atoms with Crippen molar-refractivity contribution in [3.63, 3.8) is 0 Å². The van der Waals surface area contributed by atoms with Crippen LogP contribution in [0.1, 0.15) is 24.8 Å². The quantitative estimate of drug-likeness (QED) is 0.605. The summed E-state index contributed by atoms with van der Waals surface area (Å²) in [5.41, 5.74) is 6.48. The predicted octanol–water partition coefficient (Wildman–Crippen LogP) is 2.18. The van der Waals surface area contributed by atoms with Crippen LogP contribution < -0.4 is 10.5 Å². The van der Waals surface area contributed by atoms with E-state index < -0.39 is 0 Å². The third-order valence-corrected chi connectivity index (χ3v) is 3.46. The number of nitrogens with zero attached hydrogens (tertiary/aromatic N) is 1. The molecule has 0 aliphatic heterocycles. The summed E-state index contributed by atoms with van der Waals surface area (Å²) in [6, 6.07) is 8.48. The second-order valence-electron chi connectivity index (χ2n) is 4.77. The maximum absolute atomic E-state index is 5.75. The van der Waals surface area contributed by atoms with Gasteiger partial charge in [0.05, 0.1) is 12.2 Å². The van der Waals surface area contributed by atoms with Crippen molar-refractivity contribution in [2.24, 2.45) is 5.73 Å². The van der Waals surface area contributed by atoms with Crippen molar-refractivity contribution in [1.29, 1.82) is 0 Å². The number of ether oxygens (including phenoxy) is 1. The van der Waals surface area contributed by atoms with Gasteiger partial charge in [-0.2, -0.15) is 0 Å². The highest BCUT2D eigenvalue weighted by atomic mass is 32.1. The number of thiocarbonyl (C=S) groups is 1. The summed E-state index contributed by atoms with van der Waals surface area (Å²) in [6.07, 6.45) is 3.72. The molecule has 0 bridgehead atoms. The highest BCUT2D eigenvalue weighted by Crippen LogP contribution is 2.25. The summed E-state index contributed by atoms with van der Waals surface area (Å²) < 4.78 is 5.75. The van der Waals surface area contributed by atoms with Gasteiger partial charge in [-0.1, -0.05) is 24.4 Å². The predicted molar refractivity (Wildman–Crippen MR) is 78.1 cm³/mol. The van der Waals surface area contributed by atoms with E-state index in [0.29, 0.717) is 11.6 Å². The maximum Gasteiger partial charge on any atom is 0.129 e. The van der Waals surface area contributed by atoms with E-state index in [2.05, 4.69) is 11.9 Å². The molecule has 1 aliphatic carbocycles. The molecule has 0 unspecified atom stereocenters. The zero-order valence-electron chi connectivity index (χ0n) is 10.8. The van der Waals surface area contributed by atoms with Crippen LogP contribution in [-0.2, 0) is 0 Å². The van der Waals surface area contributed by atoms with Gasteiger partial charge in [0.25, 0.3) is 0 Å². The van der Waals surface area contributed by atoms with Crippen molar-refractivity contribution in [3.8, 4) is 5.75 Å². The van der Waals surface area contributed by atoms with Crippen molar-refractivity contribution in [3.05, 3.63) is 29.8 Å². The van der Waals surface area contributed by atoms with E-state index >= 15 is 0 Å². The molecule has 1 saturated carbocycles. The fourth-order valence-electron chi connectivity index (χ4n) is 1.99. The van der Waals surface area contributed by atoms with Gasteiger partial charge in [-0.3, -0.25) is 0 Å². The van der Waals surface area contributed by atoms with Gasteiger partial charge in [-0.15, -0.1) is 0 Å². The lowest BCUT2D eigenvalue weighted by atomic mass is 10.2. The van der Waals surface area contributed by atoms with Gasteiger partial charge < -0.3 is 15.4 Å². The van der Waals surface area contributed by atoms with Crippen molar-refractivity contribution in [1.82, 2.24) is 4.90 Å². The van der Waals surface area contributed by atoms with E-state index in [-0.39, 0.29) is 0 Å². The Morgan fingerprint density at radius 2 is 2.17 bits per heavy atom. The molecule has 0 spiro atoms. The number of para-hydroxylation sites is 1. The summed E-state index contributed by atoms with van der Waals surface area (Å²) in [5.74, 6) is 0.791. The molecule has 0 saturated heterocycles. The average molecular weight is 264 g/mol. The van der Waals surface area contributed by atoms with E-state index in [9.17, 15) is 0 Å². The van der Waals surface area contributed by atoms with Crippen molar-refractivity contribution in [2.45, 2.75) is 25.3 Å². The van der Waals surface area contributed by atoms with E-state index in [1.807, 2.05) is 24.3 Å². The highest BCUT2D eigenvalue weighted by Gasteiger charge is 2.25. The maximum atomic E-state index is 5.75. The molecule has 1 aliphatic rings. The SMILES string of the molecule is CN(CCCOc1ccccc1C(N)=S)C1CC1. The Bertz CT molecular complexity index is 418. The second-order valence-corrected chi connectivity index (χ2v) is 5.21. The minimum absolute atomic E-state index is 0.390. The summed E-state index contributed by atoms with van der Waals surface area (Å²) in [4.78, 5) is 2.80. The fraction of sp³-hybridized carbons (Fsp3) is 0.500. The molecule has 0 amide bonds. The summed E-state index contributed by atoms with van der Waals surface area (Å²) in [5, 5.41) is 0. The molecule has 1 aromatic carbocycles. The molecule has 0 heterocycles. The van der Waals surface area contributed by atoms with Gasteiger partial charge in [0, 0.05) is 12.6 Å². The molecule has 98 valence electrons. The molecular weight excluding hydrogens is 244 g/mol. The number of rotatable bonds is 7. The molecule has 0 radical (unpaired) electrons. The molecule has 2 N–H and O–H groups in total. The van der Waals surface area contributed by atoms with E-state index in [4.69, 9.17) is 22.7 Å². The minimum Gasteiger partial charge on any atom is -0.493 e. The first-order valence-electron chi connectivity index (χ1n) is 6.40. The average Bonchev–Trinajstić information content (AvgIpc) is 3.19. The second kappa shape index (κ2) is 6.16. The van der Waals surface area contributed by atoms with Crippen molar-refractivity contribution >= 4 is 17.2 Å². The summed E-state index contributed by atoms with van der Waals surface area (Å²) in [6.45, 7) is 1.79. The van der Waals surface area contributed by atoms with Gasteiger partial charge >= 0.3 is 0 Å². The van der Waals surface area contributed by atoms with Gasteiger partial charge in [-0.25, -0.2) is 0 Å². The monoisotopic (exact) mass is 264 g/mol. The Morgan fingerprint density at radius 1 is 1.44 bits per heavy atom. The van der Waals surface area contributed by atoms with Gasteiger partial charge in [-0.05, 0) is 38.4 Å². The topological polar surface area (TPSA) is 38.5 Å². The fourth-order valence-corrected chi connectivity index (χ4v) is 2.16. The normalized spacial score (nSPS) is 14.8. The Kier molecular flexibility index (Phi) is 4.55. The Labute approximate surface area is 114 Å². The zero-order chi connectivity index (χ0) is 13.0. The lowest BCUT2D eigenvalue weighted by Gasteiger charge is -2.16. The van der Waals surface area contributed by atoms with Crippen molar-refractivity contribution < 1.29 is 4.74 Å². The first kappa shape index (κ1) is 13.3. The Hall–Kier alpha value is -1.13. The standard InChI is InChI=1S/C14H20N2OS/c1-16(11-7-8-11)9-4-10-17-13-6-3-2-5-12(13)14(15)18/h2-3,5-6,11H,4,7-10H2,1H3,(H2,15,18). The van der Waals surface area contributed by atoms with E-state index in [0.717, 1.165) is 30.3 Å². The summed E-state index contributed by atoms with van der Waals surface area (Å²) in [7, 11) is 2.18. The van der Waals surface area contributed by atoms with Crippen LogP contribution in [0.15, 0.2) is 24.3 Å². The van der Waals surface area contributed by atoms with Gasteiger partial charge in [0.1, 0.15) is 10.7 Å². The molecule has 2 rings (SSSR count). The molecule has 0 aromatic heterocycles. The van der Waals surface area contributed by atoms with Gasteiger partial charge in [0.2, 0.25) is 0 Å². The van der Waals surface area contributed by atoms with Crippen LogP contribution in [0.5, 0.6) is 5.75 Å². The lowest BCUT2D eigenvalue weighted by Crippen LogP contribution is -2.23. The number of benzene rings is 1. The number of hydrogen-bond donors (Lipinski definition) is 1. The van der Waals surface area contributed by atoms with Crippen LogP contribution in [0.3, 0.4) is 0 Å². The van der Waals surface area contributed by atoms with Crippen LogP contribution in [0.4, 0.5) is 0 Å². The lowest BCUT2D eigenvalue weighted by molar-refractivity contribution is 0.257. The molecule has 3 nitrogen and oxygen atoms in total. The molecule has 18 heavy (non-hydrogen) atoms. The zero-order valence-corrected chi connectivity index (χ0v) is 11.6. The summed E-state index contributed by atoms with van der Waals surface area (Å²) >= 11 is 5.00. The molecule has 0 atom stereocenters. The van der Waals surface area contributed by atoms with Gasteiger partial charge in [0.15, 0.2) is 0 Å². The van der Waals surface area contributed by atoms with E-state index in [1.165, 1.54) is 12.8 Å². The molecular formula is C14H20N2OS.